The van der Waals surface area contributed by atoms with E-state index in [0.717, 1.165) is 22.4 Å². The first kappa shape index (κ1) is 16.7. The van der Waals surface area contributed by atoms with Gasteiger partial charge < -0.3 is 10.1 Å². The molecule has 0 saturated heterocycles. The molecule has 0 heterocycles. The van der Waals surface area contributed by atoms with Crippen LogP contribution in [-0.4, -0.2) is 18.3 Å². The molecule has 1 amide bonds. The topological polar surface area (TPSA) is 55.4 Å². The summed E-state index contributed by atoms with van der Waals surface area (Å²) in [6, 6.07) is 10.8. The van der Waals surface area contributed by atoms with Gasteiger partial charge in [-0.05, 0) is 68.7 Å². The summed E-state index contributed by atoms with van der Waals surface area (Å²) in [6.07, 6.45) is 0. The van der Waals surface area contributed by atoms with E-state index >= 15 is 0 Å². The molecule has 0 unspecified atom stereocenters. The van der Waals surface area contributed by atoms with Gasteiger partial charge in [-0.1, -0.05) is 12.1 Å². The van der Waals surface area contributed by atoms with E-state index in [-0.39, 0.29) is 18.3 Å². The second-order valence-electron chi connectivity index (χ2n) is 5.62. The number of Topliss-reactive ketones (excluding diaryl/α,β-unsaturated/α-hetero) is 1. The first-order valence-corrected chi connectivity index (χ1v) is 7.49. The number of amides is 1. The van der Waals surface area contributed by atoms with Gasteiger partial charge in [0, 0.05) is 11.3 Å². The third-order valence-corrected chi connectivity index (χ3v) is 3.80. The van der Waals surface area contributed by atoms with Gasteiger partial charge in [-0.3, -0.25) is 9.59 Å². The van der Waals surface area contributed by atoms with Crippen LogP contribution in [-0.2, 0) is 4.79 Å². The van der Waals surface area contributed by atoms with Gasteiger partial charge in [-0.15, -0.1) is 0 Å². The average molecular weight is 311 g/mol. The summed E-state index contributed by atoms with van der Waals surface area (Å²) >= 11 is 0. The average Bonchev–Trinajstić information content (AvgIpc) is 2.51. The molecule has 4 nitrogen and oxygen atoms in total. The van der Waals surface area contributed by atoms with E-state index < -0.39 is 0 Å². The third kappa shape index (κ3) is 4.19. The molecule has 2 rings (SSSR count). The number of nitrogens with one attached hydrogen (secondary N) is 1. The fourth-order valence-electron chi connectivity index (χ4n) is 2.27. The Bertz CT molecular complexity index is 733. The molecule has 1 N–H and O–H groups in total. The molecule has 0 spiro atoms. The lowest BCUT2D eigenvalue weighted by atomic mass is 10.1. The molecule has 2 aromatic rings. The molecular formula is C19H21NO3. The predicted molar refractivity (Wildman–Crippen MR) is 91.2 cm³/mol. The highest BCUT2D eigenvalue weighted by atomic mass is 16.5. The maximum atomic E-state index is 12.0. The summed E-state index contributed by atoms with van der Waals surface area (Å²) in [4.78, 5) is 23.2. The molecule has 4 heteroatoms. The van der Waals surface area contributed by atoms with Crippen molar-refractivity contribution in [2.45, 2.75) is 27.7 Å². The lowest BCUT2D eigenvalue weighted by Gasteiger charge is -2.14. The van der Waals surface area contributed by atoms with Gasteiger partial charge in [0.05, 0.1) is 0 Å². The van der Waals surface area contributed by atoms with Crippen LogP contribution in [0, 0.1) is 20.8 Å². The quantitative estimate of drug-likeness (QED) is 0.854. The van der Waals surface area contributed by atoms with Gasteiger partial charge in [-0.25, -0.2) is 0 Å². The fraction of sp³-hybridized carbons (Fsp3) is 0.263. The van der Waals surface area contributed by atoms with E-state index in [4.69, 9.17) is 4.74 Å². The van der Waals surface area contributed by atoms with E-state index in [2.05, 4.69) is 5.32 Å². The molecule has 0 bridgehead atoms. The van der Waals surface area contributed by atoms with Crippen LogP contribution in [0.15, 0.2) is 36.4 Å². The van der Waals surface area contributed by atoms with Crippen molar-refractivity contribution in [1.29, 1.82) is 0 Å². The largest absolute Gasteiger partial charge is 0.483 e. The molecule has 0 radical (unpaired) electrons. The van der Waals surface area contributed by atoms with Gasteiger partial charge in [0.2, 0.25) is 0 Å². The Balaban J connectivity index is 1.98. The summed E-state index contributed by atoms with van der Waals surface area (Å²) in [5.41, 5.74) is 4.44. The molecule has 120 valence electrons. The van der Waals surface area contributed by atoms with Gasteiger partial charge in [0.1, 0.15) is 5.75 Å². The summed E-state index contributed by atoms with van der Waals surface area (Å²) in [6.45, 7) is 7.40. The maximum Gasteiger partial charge on any atom is 0.262 e. The summed E-state index contributed by atoms with van der Waals surface area (Å²) in [5.74, 6) is 0.518. The van der Waals surface area contributed by atoms with Crippen molar-refractivity contribution >= 4 is 17.4 Å². The van der Waals surface area contributed by atoms with Crippen LogP contribution in [0.5, 0.6) is 5.75 Å². The molecule has 2 aromatic carbocycles. The van der Waals surface area contributed by atoms with E-state index in [1.165, 1.54) is 6.92 Å². The molecule has 0 aliphatic rings. The van der Waals surface area contributed by atoms with Crippen LogP contribution in [0.2, 0.25) is 0 Å². The van der Waals surface area contributed by atoms with Crippen LogP contribution in [0.25, 0.3) is 0 Å². The highest BCUT2D eigenvalue weighted by molar-refractivity contribution is 5.95. The minimum Gasteiger partial charge on any atom is -0.483 e. The Labute approximate surface area is 136 Å². The first-order valence-electron chi connectivity index (χ1n) is 7.49. The number of ketones is 1. The number of ether oxygens (including phenoxy) is 1. The zero-order valence-electron chi connectivity index (χ0n) is 13.9. The standard InChI is InChI=1S/C19H21NO3/c1-12-5-6-13(2)19(14(12)3)23-11-18(22)20-17-9-7-16(8-10-17)15(4)21/h5-10H,11H2,1-4H3,(H,20,22). The number of hydrogen-bond donors (Lipinski definition) is 1. The zero-order chi connectivity index (χ0) is 17.0. The highest BCUT2D eigenvalue weighted by Gasteiger charge is 2.09. The Hall–Kier alpha value is -2.62. The van der Waals surface area contributed by atoms with Gasteiger partial charge >= 0.3 is 0 Å². The number of aryl methyl sites for hydroxylation is 2. The van der Waals surface area contributed by atoms with Crippen LogP contribution >= 0.6 is 0 Å². The van der Waals surface area contributed by atoms with Crippen LogP contribution in [0.1, 0.15) is 34.0 Å². The van der Waals surface area contributed by atoms with E-state index in [1.54, 1.807) is 24.3 Å². The van der Waals surface area contributed by atoms with E-state index in [9.17, 15) is 9.59 Å². The fourth-order valence-corrected chi connectivity index (χ4v) is 2.27. The van der Waals surface area contributed by atoms with E-state index in [1.807, 2.05) is 32.9 Å². The Morgan fingerprint density at radius 1 is 0.957 bits per heavy atom. The van der Waals surface area contributed by atoms with Crippen molar-refractivity contribution in [3.8, 4) is 5.75 Å². The minimum absolute atomic E-state index is 0.00314. The van der Waals surface area contributed by atoms with E-state index in [0.29, 0.717) is 11.3 Å². The minimum atomic E-state index is -0.235. The molecular weight excluding hydrogens is 290 g/mol. The van der Waals surface area contributed by atoms with Crippen molar-refractivity contribution < 1.29 is 14.3 Å². The number of carbonyl (C=O) groups excluding carboxylic acids is 2. The second-order valence-corrected chi connectivity index (χ2v) is 5.62. The molecule has 23 heavy (non-hydrogen) atoms. The van der Waals surface area contributed by atoms with Gasteiger partial charge in [-0.2, -0.15) is 0 Å². The van der Waals surface area contributed by atoms with Crippen molar-refractivity contribution in [2.24, 2.45) is 0 Å². The number of carbonyl (C=O) groups is 2. The smallest absolute Gasteiger partial charge is 0.262 e. The molecule has 0 aliphatic carbocycles. The monoisotopic (exact) mass is 311 g/mol. The number of rotatable bonds is 5. The van der Waals surface area contributed by atoms with Crippen molar-refractivity contribution in [3.05, 3.63) is 58.7 Å². The molecule has 0 aromatic heterocycles. The summed E-state index contributed by atoms with van der Waals surface area (Å²) < 4.78 is 5.68. The third-order valence-electron chi connectivity index (χ3n) is 3.80. The molecule has 0 aliphatic heterocycles. The van der Waals surface area contributed by atoms with Crippen LogP contribution in [0.4, 0.5) is 5.69 Å². The number of benzene rings is 2. The molecule has 0 atom stereocenters. The first-order chi connectivity index (χ1) is 10.9. The Morgan fingerprint density at radius 3 is 2.17 bits per heavy atom. The van der Waals surface area contributed by atoms with Gasteiger partial charge in [0.25, 0.3) is 5.91 Å². The maximum absolute atomic E-state index is 12.0. The molecule has 0 saturated carbocycles. The lowest BCUT2D eigenvalue weighted by molar-refractivity contribution is -0.118. The zero-order valence-corrected chi connectivity index (χ0v) is 13.9. The number of anilines is 1. The van der Waals surface area contributed by atoms with Gasteiger partial charge in [0.15, 0.2) is 12.4 Å². The van der Waals surface area contributed by atoms with Crippen molar-refractivity contribution in [1.82, 2.24) is 0 Å². The summed E-state index contributed by atoms with van der Waals surface area (Å²) in [5, 5.41) is 2.76. The van der Waals surface area contributed by atoms with Crippen molar-refractivity contribution in [3.63, 3.8) is 0 Å². The van der Waals surface area contributed by atoms with Crippen LogP contribution in [0.3, 0.4) is 0 Å². The van der Waals surface area contributed by atoms with Crippen LogP contribution < -0.4 is 10.1 Å². The normalized spacial score (nSPS) is 10.3. The SMILES string of the molecule is CC(=O)c1ccc(NC(=O)COc2c(C)ccc(C)c2C)cc1. The second kappa shape index (κ2) is 7.09. The highest BCUT2D eigenvalue weighted by Crippen LogP contribution is 2.25. The lowest BCUT2D eigenvalue weighted by Crippen LogP contribution is -2.20. The number of hydrogen-bond acceptors (Lipinski definition) is 3. The summed E-state index contributed by atoms with van der Waals surface area (Å²) in [7, 11) is 0. The molecule has 0 fully saturated rings. The van der Waals surface area contributed by atoms with Crippen molar-refractivity contribution in [2.75, 3.05) is 11.9 Å². The Kier molecular flexibility index (Phi) is 5.16. The Morgan fingerprint density at radius 2 is 1.57 bits per heavy atom. The predicted octanol–water partition coefficient (Wildman–Crippen LogP) is 3.83.